The van der Waals surface area contributed by atoms with Crippen LogP contribution in [0.5, 0.6) is 0 Å². The summed E-state index contributed by atoms with van der Waals surface area (Å²) in [5.74, 6) is 0.0201. The number of rotatable bonds is 5. The molecule has 2 aromatic rings. The number of nitrogens with one attached hydrogen (secondary N) is 1. The van der Waals surface area contributed by atoms with E-state index in [0.717, 1.165) is 0 Å². The van der Waals surface area contributed by atoms with Crippen LogP contribution in [0, 0.1) is 0 Å². The fourth-order valence-electron chi connectivity index (χ4n) is 1.19. The number of aryl methyl sites for hydroxylation is 1. The molecule has 19 heavy (non-hydrogen) atoms. The van der Waals surface area contributed by atoms with Crippen molar-refractivity contribution in [3.8, 4) is 0 Å². The van der Waals surface area contributed by atoms with Crippen molar-refractivity contribution in [2.75, 3.05) is 5.75 Å². The van der Waals surface area contributed by atoms with Gasteiger partial charge in [0.15, 0.2) is 5.16 Å². The highest BCUT2D eigenvalue weighted by molar-refractivity contribution is 7.99. The van der Waals surface area contributed by atoms with Gasteiger partial charge in [0.05, 0.1) is 17.7 Å². The number of amides is 1. The minimum Gasteiger partial charge on any atom is -0.312 e. The van der Waals surface area contributed by atoms with E-state index in [2.05, 4.69) is 25.7 Å². The van der Waals surface area contributed by atoms with E-state index in [1.807, 2.05) is 19.2 Å². The number of aromatic nitrogens is 4. The van der Waals surface area contributed by atoms with Crippen LogP contribution in [0.2, 0.25) is 0 Å². The summed E-state index contributed by atoms with van der Waals surface area (Å²) in [6, 6.07) is 5.46. The molecule has 7 nitrogen and oxygen atoms in total. The van der Waals surface area contributed by atoms with Gasteiger partial charge in [-0.2, -0.15) is 5.10 Å². The highest BCUT2D eigenvalue weighted by Gasteiger charge is 2.05. The first-order chi connectivity index (χ1) is 9.25. The van der Waals surface area contributed by atoms with Crippen molar-refractivity contribution < 1.29 is 4.79 Å². The van der Waals surface area contributed by atoms with Gasteiger partial charge < -0.3 is 4.57 Å². The Morgan fingerprint density at radius 2 is 2.47 bits per heavy atom. The summed E-state index contributed by atoms with van der Waals surface area (Å²) in [5, 5.41) is 12.1. The molecule has 0 aliphatic rings. The number of carbonyl (C=O) groups is 1. The summed E-state index contributed by atoms with van der Waals surface area (Å²) in [7, 11) is 1.82. The smallest absolute Gasteiger partial charge is 0.250 e. The predicted octanol–water partition coefficient (Wildman–Crippen LogP) is 0.452. The van der Waals surface area contributed by atoms with Gasteiger partial charge >= 0.3 is 0 Å². The van der Waals surface area contributed by atoms with Gasteiger partial charge in [-0.3, -0.25) is 9.78 Å². The molecule has 1 N–H and O–H groups in total. The molecular weight excluding hydrogens is 264 g/mol. The van der Waals surface area contributed by atoms with Crippen LogP contribution in [0.15, 0.2) is 41.0 Å². The van der Waals surface area contributed by atoms with Crippen molar-refractivity contribution in [1.82, 2.24) is 25.2 Å². The monoisotopic (exact) mass is 276 g/mol. The minimum atomic E-state index is -0.208. The molecule has 2 heterocycles. The minimum absolute atomic E-state index is 0.208. The molecule has 0 aliphatic carbocycles. The van der Waals surface area contributed by atoms with Crippen molar-refractivity contribution in [3.05, 3.63) is 36.4 Å². The third kappa shape index (κ3) is 4.18. The Bertz CT molecular complexity index is 568. The topological polar surface area (TPSA) is 85.1 Å². The Morgan fingerprint density at radius 3 is 3.16 bits per heavy atom. The van der Waals surface area contributed by atoms with Gasteiger partial charge in [-0.25, -0.2) is 5.43 Å². The summed E-state index contributed by atoms with van der Waals surface area (Å²) in [6.45, 7) is 0. The van der Waals surface area contributed by atoms with Crippen LogP contribution in [-0.2, 0) is 11.8 Å². The molecule has 0 radical (unpaired) electrons. The van der Waals surface area contributed by atoms with Crippen molar-refractivity contribution in [2.24, 2.45) is 12.1 Å². The lowest BCUT2D eigenvalue weighted by Crippen LogP contribution is -2.20. The summed E-state index contributed by atoms with van der Waals surface area (Å²) in [6.07, 6.45) is 4.73. The molecule has 0 aromatic carbocycles. The van der Waals surface area contributed by atoms with E-state index in [1.54, 1.807) is 23.2 Å². The molecule has 0 bridgehead atoms. The zero-order chi connectivity index (χ0) is 13.5. The fraction of sp³-hybridized carbons (Fsp3) is 0.182. The highest BCUT2D eigenvalue weighted by Crippen LogP contribution is 2.12. The van der Waals surface area contributed by atoms with Crippen LogP contribution < -0.4 is 5.43 Å². The zero-order valence-electron chi connectivity index (χ0n) is 10.2. The SMILES string of the molecule is Cn1cnnc1SCC(=O)N/N=C/c1ccccn1. The molecule has 0 atom stereocenters. The molecule has 0 aliphatic heterocycles. The van der Waals surface area contributed by atoms with E-state index in [0.29, 0.717) is 10.9 Å². The molecular formula is C11H12N6OS. The zero-order valence-corrected chi connectivity index (χ0v) is 11.0. The number of hydrogen-bond donors (Lipinski definition) is 1. The lowest BCUT2D eigenvalue weighted by molar-refractivity contribution is -0.118. The Morgan fingerprint density at radius 1 is 1.58 bits per heavy atom. The first-order valence-electron chi connectivity index (χ1n) is 5.45. The Balaban J connectivity index is 1.76. The standard InChI is InChI=1S/C11H12N6OS/c1-17-8-14-16-11(17)19-7-10(18)15-13-6-9-4-2-3-5-12-9/h2-6,8H,7H2,1H3,(H,15,18)/b13-6+. The van der Waals surface area contributed by atoms with Crippen LogP contribution in [0.3, 0.4) is 0 Å². The number of pyridine rings is 1. The molecule has 8 heteroatoms. The molecule has 0 fully saturated rings. The van der Waals surface area contributed by atoms with Crippen molar-refractivity contribution in [3.63, 3.8) is 0 Å². The van der Waals surface area contributed by atoms with E-state index in [-0.39, 0.29) is 11.7 Å². The first kappa shape index (κ1) is 13.2. The van der Waals surface area contributed by atoms with Gasteiger partial charge in [-0.05, 0) is 12.1 Å². The summed E-state index contributed by atoms with van der Waals surface area (Å²) in [4.78, 5) is 15.6. The first-order valence-corrected chi connectivity index (χ1v) is 6.44. The maximum atomic E-state index is 11.5. The van der Waals surface area contributed by atoms with Crippen LogP contribution in [0.1, 0.15) is 5.69 Å². The quantitative estimate of drug-likeness (QED) is 0.487. The maximum absolute atomic E-state index is 11.5. The van der Waals surface area contributed by atoms with Crippen LogP contribution in [0.4, 0.5) is 0 Å². The average Bonchev–Trinajstić information content (AvgIpc) is 2.83. The van der Waals surface area contributed by atoms with Gasteiger partial charge in [0.1, 0.15) is 6.33 Å². The van der Waals surface area contributed by atoms with Crippen molar-refractivity contribution in [2.45, 2.75) is 5.16 Å². The number of thioether (sulfide) groups is 1. The van der Waals surface area contributed by atoms with Crippen molar-refractivity contribution in [1.29, 1.82) is 0 Å². The second kappa shape index (κ2) is 6.64. The largest absolute Gasteiger partial charge is 0.312 e. The van der Waals surface area contributed by atoms with E-state index >= 15 is 0 Å². The van der Waals surface area contributed by atoms with E-state index in [9.17, 15) is 4.79 Å². The molecule has 2 aromatic heterocycles. The van der Waals surface area contributed by atoms with Crippen LogP contribution >= 0.6 is 11.8 Å². The van der Waals surface area contributed by atoms with Crippen LogP contribution in [-0.4, -0.2) is 37.6 Å². The van der Waals surface area contributed by atoms with E-state index in [1.165, 1.54) is 18.0 Å². The Kier molecular flexibility index (Phi) is 4.62. The molecule has 0 unspecified atom stereocenters. The van der Waals surface area contributed by atoms with E-state index < -0.39 is 0 Å². The van der Waals surface area contributed by atoms with E-state index in [4.69, 9.17) is 0 Å². The lowest BCUT2D eigenvalue weighted by atomic mass is 10.4. The van der Waals surface area contributed by atoms with Gasteiger partial charge in [0.25, 0.3) is 5.91 Å². The second-order valence-electron chi connectivity index (χ2n) is 3.56. The van der Waals surface area contributed by atoms with Crippen molar-refractivity contribution >= 4 is 23.9 Å². The summed E-state index contributed by atoms with van der Waals surface area (Å²) >= 11 is 1.30. The number of carbonyl (C=O) groups excluding carboxylic acids is 1. The molecule has 0 spiro atoms. The highest BCUT2D eigenvalue weighted by atomic mass is 32.2. The van der Waals surface area contributed by atoms with Gasteiger partial charge in [-0.1, -0.05) is 17.8 Å². The third-order valence-electron chi connectivity index (χ3n) is 2.08. The van der Waals surface area contributed by atoms with Gasteiger partial charge in [-0.15, -0.1) is 10.2 Å². The predicted molar refractivity (Wildman–Crippen MR) is 71.7 cm³/mol. The number of hydrazone groups is 1. The third-order valence-corrected chi connectivity index (χ3v) is 3.11. The molecule has 2 rings (SSSR count). The Labute approximate surface area is 114 Å². The fourth-order valence-corrected chi connectivity index (χ4v) is 1.87. The lowest BCUT2D eigenvalue weighted by Gasteiger charge is -1.99. The molecule has 0 saturated heterocycles. The van der Waals surface area contributed by atoms with Crippen LogP contribution in [0.25, 0.3) is 0 Å². The molecule has 0 saturated carbocycles. The Hall–Kier alpha value is -2.22. The maximum Gasteiger partial charge on any atom is 0.250 e. The molecule has 1 amide bonds. The summed E-state index contributed by atoms with van der Waals surface area (Å²) < 4.78 is 1.75. The summed E-state index contributed by atoms with van der Waals surface area (Å²) in [5.41, 5.74) is 3.11. The normalized spacial score (nSPS) is 10.8. The van der Waals surface area contributed by atoms with Gasteiger partial charge in [0, 0.05) is 13.2 Å². The number of nitrogens with zero attached hydrogens (tertiary/aromatic N) is 5. The second-order valence-corrected chi connectivity index (χ2v) is 4.50. The van der Waals surface area contributed by atoms with Gasteiger partial charge in [0.2, 0.25) is 0 Å². The average molecular weight is 276 g/mol. The number of hydrogen-bond acceptors (Lipinski definition) is 6. The molecule has 98 valence electrons.